The van der Waals surface area contributed by atoms with E-state index in [9.17, 15) is 19.8 Å². The fourth-order valence-electron chi connectivity index (χ4n) is 11.5. The van der Waals surface area contributed by atoms with Crippen LogP contribution >= 0.6 is 0 Å². The van der Waals surface area contributed by atoms with Gasteiger partial charge in [-0.25, -0.2) is 4.79 Å². The number of rotatable bonds is 10. The summed E-state index contributed by atoms with van der Waals surface area (Å²) in [6.45, 7) is 8.84. The fourth-order valence-corrected chi connectivity index (χ4v) is 11.5. The highest BCUT2D eigenvalue weighted by molar-refractivity contribution is 6.10. The summed E-state index contributed by atoms with van der Waals surface area (Å²) in [5.74, 6) is 2.09. The third-order valence-electron chi connectivity index (χ3n) is 14.3. The molecule has 280 valence electrons. The topological polar surface area (TPSA) is 118 Å². The molecular formula is C43H56N2O7. The molecule has 0 aromatic heterocycles. The van der Waals surface area contributed by atoms with Gasteiger partial charge in [0.05, 0.1) is 46.1 Å². The zero-order valence-corrected chi connectivity index (χ0v) is 31.8. The number of nitrogens with zero attached hydrogens (tertiary/aromatic N) is 1. The van der Waals surface area contributed by atoms with Crippen LogP contribution in [-0.2, 0) is 6.54 Å². The van der Waals surface area contributed by atoms with E-state index in [0.29, 0.717) is 35.7 Å². The first-order valence-corrected chi connectivity index (χ1v) is 19.0. The molecule has 8 unspecified atom stereocenters. The van der Waals surface area contributed by atoms with Gasteiger partial charge in [0, 0.05) is 45.1 Å². The van der Waals surface area contributed by atoms with Crippen LogP contribution in [0.5, 0.6) is 17.2 Å². The molecule has 8 rings (SSSR count). The number of hydrogen-bond donors (Lipinski definition) is 3. The summed E-state index contributed by atoms with van der Waals surface area (Å²) in [6, 6.07) is 12.6. The molecule has 0 saturated heterocycles. The van der Waals surface area contributed by atoms with Gasteiger partial charge in [0.25, 0.3) is 0 Å². The molecule has 0 aliphatic heterocycles. The van der Waals surface area contributed by atoms with Crippen LogP contribution in [0.25, 0.3) is 0 Å². The van der Waals surface area contributed by atoms with Crippen LogP contribution in [0.2, 0.25) is 0 Å². The Morgan fingerprint density at radius 1 is 0.885 bits per heavy atom. The van der Waals surface area contributed by atoms with Crippen LogP contribution in [0, 0.1) is 33.5 Å². The standard InChI is InChI=1S/C43H56N2O7/c1-27(2)44-38(48)45(25-29-10-13-32(51-6)22-34(29)52-7)26-42(49)19-16-36-40(42,4)18-15-35-39(3)17-14-30(46)23-41(39)20-21-43(35,36)33(24-41)37(47)28-8-11-31(50-5)12-9-28/h8-13,20-22,24,27,30,35-36,46,49H,14-19,23,25-26H2,1-7H3,(H,44,48). The number of carbonyl (C=O) groups excluding carboxylic acids is 2. The van der Waals surface area contributed by atoms with Gasteiger partial charge in [-0.2, -0.15) is 0 Å². The van der Waals surface area contributed by atoms with Crippen molar-refractivity contribution in [2.75, 3.05) is 27.9 Å². The lowest BCUT2D eigenvalue weighted by molar-refractivity contribution is -0.174. The fraction of sp³-hybridized carbons (Fsp3) is 0.581. The number of aliphatic hydroxyl groups is 2. The maximum atomic E-state index is 14.9. The van der Waals surface area contributed by atoms with Gasteiger partial charge in [-0.1, -0.05) is 32.1 Å². The minimum atomic E-state index is -1.22. The van der Waals surface area contributed by atoms with Crippen molar-refractivity contribution in [3.63, 3.8) is 0 Å². The first-order valence-electron chi connectivity index (χ1n) is 19.0. The number of allylic oxidation sites excluding steroid dienone is 4. The van der Waals surface area contributed by atoms with E-state index in [4.69, 9.17) is 14.2 Å². The van der Waals surface area contributed by atoms with Crippen LogP contribution in [0.1, 0.15) is 88.6 Å². The normalized spacial score (nSPS) is 35.6. The SMILES string of the molecule is COc1ccc(C(=O)C2=CC34C=CC25C(CCC2(C)C5CCC2(O)CN(Cc2ccc(OC)cc2OC)C(=O)NC(C)C)C3(C)CCC(O)C4)cc1. The smallest absolute Gasteiger partial charge is 0.317 e. The first-order chi connectivity index (χ1) is 24.7. The minimum Gasteiger partial charge on any atom is -0.497 e. The van der Waals surface area contributed by atoms with Crippen molar-refractivity contribution >= 4 is 11.8 Å². The molecule has 0 heterocycles. The second kappa shape index (κ2) is 12.9. The Morgan fingerprint density at radius 2 is 1.54 bits per heavy atom. The van der Waals surface area contributed by atoms with Crippen molar-refractivity contribution in [1.82, 2.24) is 10.2 Å². The molecule has 9 heteroatoms. The summed E-state index contributed by atoms with van der Waals surface area (Å²) >= 11 is 0. The molecule has 3 fully saturated rings. The third-order valence-corrected chi connectivity index (χ3v) is 14.3. The molecule has 52 heavy (non-hydrogen) atoms. The Balaban J connectivity index is 1.30. The number of ether oxygens (including phenoxy) is 3. The molecule has 0 radical (unpaired) electrons. The molecule has 3 N–H and O–H groups in total. The van der Waals surface area contributed by atoms with E-state index in [1.807, 2.05) is 56.3 Å². The van der Waals surface area contributed by atoms with Gasteiger partial charge in [0.15, 0.2) is 5.78 Å². The van der Waals surface area contributed by atoms with E-state index in [-0.39, 0.29) is 48.2 Å². The van der Waals surface area contributed by atoms with E-state index in [0.717, 1.165) is 43.2 Å². The number of Topliss-reactive ketones (excluding diaryl/α,β-unsaturated/α-hetero) is 1. The average Bonchev–Trinajstić information content (AvgIpc) is 3.40. The van der Waals surface area contributed by atoms with Gasteiger partial charge >= 0.3 is 6.03 Å². The van der Waals surface area contributed by atoms with E-state index in [1.54, 1.807) is 26.2 Å². The minimum absolute atomic E-state index is 0.00252. The Labute approximate surface area is 308 Å². The van der Waals surface area contributed by atoms with Gasteiger partial charge in [-0.05, 0) is 112 Å². The molecule has 2 aromatic rings. The van der Waals surface area contributed by atoms with Crippen LogP contribution in [0.3, 0.4) is 0 Å². The van der Waals surface area contributed by atoms with Crippen LogP contribution < -0.4 is 19.5 Å². The molecule has 2 aromatic carbocycles. The quantitative estimate of drug-likeness (QED) is 0.178. The van der Waals surface area contributed by atoms with Crippen molar-refractivity contribution in [1.29, 1.82) is 0 Å². The summed E-state index contributed by atoms with van der Waals surface area (Å²) in [6.07, 6.45) is 11.5. The van der Waals surface area contributed by atoms with Crippen molar-refractivity contribution in [2.24, 2.45) is 33.5 Å². The molecule has 6 aliphatic carbocycles. The van der Waals surface area contributed by atoms with E-state index in [2.05, 4.69) is 37.4 Å². The average molecular weight is 713 g/mol. The highest BCUT2D eigenvalue weighted by Gasteiger charge is 2.74. The number of methoxy groups -OCH3 is 3. The summed E-state index contributed by atoms with van der Waals surface area (Å²) < 4.78 is 16.5. The summed E-state index contributed by atoms with van der Waals surface area (Å²) in [7, 11) is 4.83. The second-order valence-corrected chi connectivity index (χ2v) is 17.0. The molecule has 9 nitrogen and oxygen atoms in total. The number of aliphatic hydroxyl groups excluding tert-OH is 1. The van der Waals surface area contributed by atoms with Gasteiger partial charge in [0.1, 0.15) is 17.2 Å². The lowest BCUT2D eigenvalue weighted by atomic mass is 9.32. The summed E-state index contributed by atoms with van der Waals surface area (Å²) in [5, 5.41) is 27.2. The molecule has 3 saturated carbocycles. The largest absolute Gasteiger partial charge is 0.497 e. The Hall–Kier alpha value is -3.82. The number of amides is 2. The highest BCUT2D eigenvalue weighted by atomic mass is 16.5. The monoisotopic (exact) mass is 712 g/mol. The summed E-state index contributed by atoms with van der Waals surface area (Å²) in [4.78, 5) is 30.6. The highest BCUT2D eigenvalue weighted by Crippen LogP contribution is 2.78. The van der Waals surface area contributed by atoms with Crippen molar-refractivity contribution < 1.29 is 34.0 Å². The molecular weight excluding hydrogens is 656 g/mol. The molecule has 2 bridgehead atoms. The van der Waals surface area contributed by atoms with Crippen molar-refractivity contribution in [2.45, 2.75) is 96.9 Å². The van der Waals surface area contributed by atoms with Crippen LogP contribution in [-0.4, -0.2) is 72.5 Å². The van der Waals surface area contributed by atoms with Gasteiger partial charge in [-0.3, -0.25) is 4.79 Å². The number of urea groups is 1. The van der Waals surface area contributed by atoms with Gasteiger partial charge in [0.2, 0.25) is 0 Å². The zero-order valence-electron chi connectivity index (χ0n) is 31.8. The molecule has 6 aliphatic rings. The maximum absolute atomic E-state index is 14.9. The number of carbonyl (C=O) groups is 2. The lowest BCUT2D eigenvalue weighted by Gasteiger charge is -2.71. The maximum Gasteiger partial charge on any atom is 0.317 e. The van der Waals surface area contributed by atoms with E-state index < -0.39 is 27.9 Å². The summed E-state index contributed by atoms with van der Waals surface area (Å²) in [5.41, 5.74) is -0.748. The van der Waals surface area contributed by atoms with Gasteiger partial charge in [-0.15, -0.1) is 0 Å². The lowest BCUT2D eigenvalue weighted by Crippen LogP contribution is -2.67. The number of benzene rings is 2. The van der Waals surface area contributed by atoms with Crippen LogP contribution in [0.15, 0.2) is 66.3 Å². The predicted octanol–water partition coefficient (Wildman–Crippen LogP) is 7.11. The number of fused-ring (bicyclic) bond motifs is 1. The predicted molar refractivity (Wildman–Crippen MR) is 200 cm³/mol. The third kappa shape index (κ3) is 5.31. The molecule has 8 atom stereocenters. The Kier molecular flexibility index (Phi) is 9.09. The second-order valence-electron chi connectivity index (χ2n) is 17.0. The molecule has 2 amide bonds. The van der Waals surface area contributed by atoms with Gasteiger partial charge < -0.3 is 34.6 Å². The number of ketones is 1. The van der Waals surface area contributed by atoms with E-state index >= 15 is 0 Å². The Bertz CT molecular complexity index is 1790. The van der Waals surface area contributed by atoms with Crippen LogP contribution in [0.4, 0.5) is 4.79 Å². The van der Waals surface area contributed by atoms with E-state index in [1.165, 1.54) is 0 Å². The van der Waals surface area contributed by atoms with Crippen molar-refractivity contribution in [3.05, 3.63) is 77.4 Å². The zero-order chi connectivity index (χ0) is 37.3. The number of nitrogens with one attached hydrogen (secondary N) is 1. The molecule has 2 spiro atoms. The number of hydrogen-bond acceptors (Lipinski definition) is 7. The Morgan fingerprint density at radius 3 is 2.21 bits per heavy atom. The first kappa shape index (κ1) is 36.5. The van der Waals surface area contributed by atoms with Crippen molar-refractivity contribution in [3.8, 4) is 17.2 Å².